The molecule has 1 aromatic carbocycles. The van der Waals surface area contributed by atoms with Crippen molar-refractivity contribution in [3.05, 3.63) is 35.9 Å². The van der Waals surface area contributed by atoms with E-state index in [4.69, 9.17) is 4.74 Å². The van der Waals surface area contributed by atoms with Crippen molar-refractivity contribution >= 4 is 6.09 Å². The summed E-state index contributed by atoms with van der Waals surface area (Å²) in [6.45, 7) is 4.71. The van der Waals surface area contributed by atoms with Crippen molar-refractivity contribution in [1.29, 1.82) is 0 Å². The SMILES string of the molecule is C[C@@H](O)C(C)(NC(=O)OCc1ccccc1)[C@@H](C)O. The number of benzene rings is 1. The van der Waals surface area contributed by atoms with E-state index in [0.717, 1.165) is 5.56 Å². The third kappa shape index (κ3) is 4.22. The molecule has 0 aliphatic carbocycles. The molecule has 0 aromatic heterocycles. The molecule has 0 saturated carbocycles. The Morgan fingerprint density at radius 3 is 2.26 bits per heavy atom. The lowest BCUT2D eigenvalue weighted by Gasteiger charge is -2.35. The highest BCUT2D eigenvalue weighted by Gasteiger charge is 2.37. The van der Waals surface area contributed by atoms with Crippen LogP contribution < -0.4 is 5.32 Å². The van der Waals surface area contributed by atoms with Crippen LogP contribution in [0.1, 0.15) is 26.3 Å². The molecule has 1 aromatic rings. The normalized spacial score (nSPS) is 14.6. The van der Waals surface area contributed by atoms with Gasteiger partial charge in [-0.2, -0.15) is 0 Å². The average molecular weight is 267 g/mol. The van der Waals surface area contributed by atoms with Crippen LogP contribution in [0, 0.1) is 0 Å². The highest BCUT2D eigenvalue weighted by Crippen LogP contribution is 2.15. The zero-order chi connectivity index (χ0) is 14.5. The van der Waals surface area contributed by atoms with E-state index >= 15 is 0 Å². The Bertz CT molecular complexity index is 395. The van der Waals surface area contributed by atoms with E-state index < -0.39 is 23.8 Å². The van der Waals surface area contributed by atoms with Crippen LogP contribution in [0.5, 0.6) is 0 Å². The molecule has 2 atom stereocenters. The second-order valence-corrected chi connectivity index (χ2v) is 4.82. The Balaban J connectivity index is 2.55. The number of carbonyl (C=O) groups is 1. The minimum Gasteiger partial charge on any atom is -0.445 e. The Labute approximate surface area is 113 Å². The first-order valence-electron chi connectivity index (χ1n) is 6.21. The molecule has 0 unspecified atom stereocenters. The molecule has 0 fully saturated rings. The summed E-state index contributed by atoms with van der Waals surface area (Å²) in [7, 11) is 0. The average Bonchev–Trinajstić information content (AvgIpc) is 2.37. The van der Waals surface area contributed by atoms with Gasteiger partial charge in [0.25, 0.3) is 0 Å². The second-order valence-electron chi connectivity index (χ2n) is 4.82. The molecule has 0 heterocycles. The number of carbonyl (C=O) groups excluding carboxylic acids is 1. The van der Waals surface area contributed by atoms with Crippen molar-refractivity contribution in [3.63, 3.8) is 0 Å². The van der Waals surface area contributed by atoms with Crippen LogP contribution >= 0.6 is 0 Å². The van der Waals surface area contributed by atoms with E-state index in [2.05, 4.69) is 5.32 Å². The molecule has 0 radical (unpaired) electrons. The van der Waals surface area contributed by atoms with Crippen LogP contribution in [-0.4, -0.2) is 34.1 Å². The summed E-state index contributed by atoms with van der Waals surface area (Å²) in [5.74, 6) is 0. The van der Waals surface area contributed by atoms with Gasteiger partial charge in [0, 0.05) is 0 Å². The highest BCUT2D eigenvalue weighted by atomic mass is 16.5. The van der Waals surface area contributed by atoms with E-state index in [0.29, 0.717) is 0 Å². The molecule has 0 aliphatic heterocycles. The summed E-state index contributed by atoms with van der Waals surface area (Å²) >= 11 is 0. The van der Waals surface area contributed by atoms with Gasteiger partial charge in [-0.15, -0.1) is 0 Å². The number of nitrogens with one attached hydrogen (secondary N) is 1. The largest absolute Gasteiger partial charge is 0.445 e. The fourth-order valence-electron chi connectivity index (χ4n) is 1.54. The van der Waals surface area contributed by atoms with Gasteiger partial charge in [0.15, 0.2) is 0 Å². The quantitative estimate of drug-likeness (QED) is 0.754. The van der Waals surface area contributed by atoms with Crippen LogP contribution in [0.2, 0.25) is 0 Å². The van der Waals surface area contributed by atoms with Crippen molar-refractivity contribution in [2.24, 2.45) is 0 Å². The first-order valence-corrected chi connectivity index (χ1v) is 6.21. The Morgan fingerprint density at radius 2 is 1.79 bits per heavy atom. The molecule has 0 bridgehead atoms. The van der Waals surface area contributed by atoms with Gasteiger partial charge in [-0.3, -0.25) is 0 Å². The van der Waals surface area contributed by atoms with Crippen LogP contribution in [-0.2, 0) is 11.3 Å². The molecule has 106 valence electrons. The summed E-state index contributed by atoms with van der Waals surface area (Å²) in [6, 6.07) is 9.27. The fraction of sp³-hybridized carbons (Fsp3) is 0.500. The van der Waals surface area contributed by atoms with Crippen LogP contribution in [0.3, 0.4) is 0 Å². The molecule has 1 rings (SSSR count). The first kappa shape index (κ1) is 15.5. The molecule has 5 nitrogen and oxygen atoms in total. The molecule has 5 heteroatoms. The molecule has 0 spiro atoms. The third-order valence-corrected chi connectivity index (χ3v) is 3.32. The molecule has 3 N–H and O–H groups in total. The maximum absolute atomic E-state index is 11.7. The number of rotatable bonds is 5. The lowest BCUT2D eigenvalue weighted by molar-refractivity contribution is -0.00653. The van der Waals surface area contributed by atoms with Crippen LogP contribution in [0.15, 0.2) is 30.3 Å². The number of hydrogen-bond acceptors (Lipinski definition) is 4. The van der Waals surface area contributed by atoms with Crippen molar-refractivity contribution in [2.45, 2.75) is 45.1 Å². The molecule has 19 heavy (non-hydrogen) atoms. The number of ether oxygens (including phenoxy) is 1. The molecule has 0 aliphatic rings. The van der Waals surface area contributed by atoms with Crippen molar-refractivity contribution in [1.82, 2.24) is 5.32 Å². The Kier molecular flexibility index (Phi) is 5.32. The first-order chi connectivity index (χ1) is 8.86. The molecular weight excluding hydrogens is 246 g/mol. The lowest BCUT2D eigenvalue weighted by Crippen LogP contribution is -2.60. The minimum atomic E-state index is -1.15. The number of aliphatic hydroxyl groups is 2. The topological polar surface area (TPSA) is 78.8 Å². The standard InChI is InChI=1S/C14H21NO4/c1-10(16)14(3,11(2)17)15-13(18)19-9-12-7-5-4-6-8-12/h4-8,10-11,16-17H,9H2,1-3H3,(H,15,18)/t10-,11-/m1/s1. The third-order valence-electron chi connectivity index (χ3n) is 3.32. The zero-order valence-electron chi connectivity index (χ0n) is 11.5. The summed E-state index contributed by atoms with van der Waals surface area (Å²) < 4.78 is 5.05. The van der Waals surface area contributed by atoms with Crippen molar-refractivity contribution in [2.75, 3.05) is 0 Å². The lowest BCUT2D eigenvalue weighted by atomic mass is 9.90. The highest BCUT2D eigenvalue weighted by molar-refractivity contribution is 5.68. The maximum atomic E-state index is 11.7. The van der Waals surface area contributed by atoms with Gasteiger partial charge in [0.2, 0.25) is 0 Å². The molecule has 0 saturated heterocycles. The van der Waals surface area contributed by atoms with Crippen LogP contribution in [0.25, 0.3) is 0 Å². The van der Waals surface area contributed by atoms with E-state index in [1.165, 1.54) is 13.8 Å². The number of aliphatic hydroxyl groups excluding tert-OH is 2. The van der Waals surface area contributed by atoms with Crippen molar-refractivity contribution < 1.29 is 19.7 Å². The number of alkyl carbamates (subject to hydrolysis) is 1. The summed E-state index contributed by atoms with van der Waals surface area (Å²) in [4.78, 5) is 11.7. The van der Waals surface area contributed by atoms with Gasteiger partial charge in [0.1, 0.15) is 6.61 Å². The van der Waals surface area contributed by atoms with E-state index in [1.807, 2.05) is 30.3 Å². The molecular formula is C14H21NO4. The summed E-state index contributed by atoms with van der Waals surface area (Å²) in [5, 5.41) is 21.8. The number of hydrogen-bond donors (Lipinski definition) is 3. The van der Waals surface area contributed by atoms with E-state index in [9.17, 15) is 15.0 Å². The Morgan fingerprint density at radius 1 is 1.26 bits per heavy atom. The second kappa shape index (κ2) is 6.54. The van der Waals surface area contributed by atoms with Gasteiger partial charge in [-0.05, 0) is 26.3 Å². The van der Waals surface area contributed by atoms with Gasteiger partial charge in [0.05, 0.1) is 17.7 Å². The Hall–Kier alpha value is -1.59. The van der Waals surface area contributed by atoms with Crippen molar-refractivity contribution in [3.8, 4) is 0 Å². The monoisotopic (exact) mass is 267 g/mol. The summed E-state index contributed by atoms with van der Waals surface area (Å²) in [6.07, 6.45) is -2.48. The minimum absolute atomic E-state index is 0.141. The van der Waals surface area contributed by atoms with Crippen LogP contribution in [0.4, 0.5) is 4.79 Å². The summed E-state index contributed by atoms with van der Waals surface area (Å²) in [5.41, 5.74) is -0.276. The number of amides is 1. The van der Waals surface area contributed by atoms with E-state index in [1.54, 1.807) is 6.92 Å². The fourth-order valence-corrected chi connectivity index (χ4v) is 1.54. The molecule has 1 amide bonds. The predicted molar refractivity (Wildman–Crippen MR) is 71.5 cm³/mol. The smallest absolute Gasteiger partial charge is 0.408 e. The van der Waals surface area contributed by atoms with Gasteiger partial charge in [-0.1, -0.05) is 30.3 Å². The zero-order valence-corrected chi connectivity index (χ0v) is 11.5. The van der Waals surface area contributed by atoms with Gasteiger partial charge < -0.3 is 20.3 Å². The van der Waals surface area contributed by atoms with Gasteiger partial charge >= 0.3 is 6.09 Å². The van der Waals surface area contributed by atoms with Gasteiger partial charge in [-0.25, -0.2) is 4.79 Å². The van der Waals surface area contributed by atoms with E-state index in [-0.39, 0.29) is 6.61 Å². The predicted octanol–water partition coefficient (Wildman–Crippen LogP) is 1.43. The maximum Gasteiger partial charge on any atom is 0.408 e.